The van der Waals surface area contributed by atoms with Crippen LogP contribution in [0.15, 0.2) is 24.5 Å². The van der Waals surface area contributed by atoms with E-state index in [-0.39, 0.29) is 25.6 Å². The van der Waals surface area contributed by atoms with Crippen LogP contribution in [0.1, 0.15) is 17.3 Å². The van der Waals surface area contributed by atoms with Crippen LogP contribution in [0, 0.1) is 5.92 Å². The standard InChI is InChI=1S/C12H16N2O4/c1-9(12(17)18)8-14(5-6-15)11(16)10-3-2-4-13-7-10/h2-4,7,9,15H,5-6,8H2,1H3,(H,17,18). The Morgan fingerprint density at radius 3 is 2.72 bits per heavy atom. The van der Waals surface area contributed by atoms with Crippen LogP contribution in [0.2, 0.25) is 0 Å². The molecule has 18 heavy (non-hydrogen) atoms. The molecule has 0 saturated carbocycles. The topological polar surface area (TPSA) is 90.7 Å². The number of rotatable bonds is 6. The van der Waals surface area contributed by atoms with E-state index in [1.54, 1.807) is 18.3 Å². The lowest BCUT2D eigenvalue weighted by molar-refractivity contribution is -0.141. The van der Waals surface area contributed by atoms with Crippen LogP contribution in [0.4, 0.5) is 0 Å². The van der Waals surface area contributed by atoms with Crippen molar-refractivity contribution in [2.45, 2.75) is 6.92 Å². The van der Waals surface area contributed by atoms with E-state index < -0.39 is 11.9 Å². The summed E-state index contributed by atoms with van der Waals surface area (Å²) >= 11 is 0. The molecule has 0 radical (unpaired) electrons. The van der Waals surface area contributed by atoms with Crippen molar-refractivity contribution in [2.24, 2.45) is 5.92 Å². The fourth-order valence-corrected chi connectivity index (χ4v) is 1.48. The summed E-state index contributed by atoms with van der Waals surface area (Å²) < 4.78 is 0. The van der Waals surface area contributed by atoms with Crippen molar-refractivity contribution in [1.29, 1.82) is 0 Å². The highest BCUT2D eigenvalue weighted by Crippen LogP contribution is 2.07. The molecule has 0 bridgehead atoms. The quantitative estimate of drug-likeness (QED) is 0.756. The molecule has 1 aromatic rings. The fourth-order valence-electron chi connectivity index (χ4n) is 1.48. The summed E-state index contributed by atoms with van der Waals surface area (Å²) in [6.45, 7) is 1.47. The maximum atomic E-state index is 12.1. The van der Waals surface area contributed by atoms with Gasteiger partial charge in [0.15, 0.2) is 0 Å². The van der Waals surface area contributed by atoms with E-state index in [2.05, 4.69) is 4.98 Å². The minimum Gasteiger partial charge on any atom is -0.481 e. The summed E-state index contributed by atoms with van der Waals surface area (Å²) in [5, 5.41) is 17.8. The molecule has 1 heterocycles. The molecule has 6 nitrogen and oxygen atoms in total. The highest BCUT2D eigenvalue weighted by molar-refractivity contribution is 5.94. The van der Waals surface area contributed by atoms with Crippen LogP contribution < -0.4 is 0 Å². The number of carbonyl (C=O) groups excluding carboxylic acids is 1. The number of hydrogen-bond acceptors (Lipinski definition) is 4. The van der Waals surface area contributed by atoms with Crippen molar-refractivity contribution in [1.82, 2.24) is 9.88 Å². The number of hydrogen-bond donors (Lipinski definition) is 2. The minimum absolute atomic E-state index is 0.0591. The van der Waals surface area contributed by atoms with E-state index in [0.717, 1.165) is 0 Å². The smallest absolute Gasteiger partial charge is 0.308 e. The average molecular weight is 252 g/mol. The highest BCUT2D eigenvalue weighted by atomic mass is 16.4. The van der Waals surface area contributed by atoms with Gasteiger partial charge in [-0.2, -0.15) is 0 Å². The zero-order valence-corrected chi connectivity index (χ0v) is 10.1. The van der Waals surface area contributed by atoms with E-state index in [0.29, 0.717) is 5.56 Å². The van der Waals surface area contributed by atoms with Crippen molar-refractivity contribution >= 4 is 11.9 Å². The number of nitrogens with zero attached hydrogens (tertiary/aromatic N) is 2. The molecule has 2 N–H and O–H groups in total. The predicted octanol–water partition coefficient (Wildman–Crippen LogP) is 0.237. The summed E-state index contributed by atoms with van der Waals surface area (Å²) in [6.07, 6.45) is 2.96. The van der Waals surface area contributed by atoms with Gasteiger partial charge in [-0.1, -0.05) is 6.92 Å². The number of pyridine rings is 1. The van der Waals surface area contributed by atoms with Gasteiger partial charge in [-0.25, -0.2) is 0 Å². The highest BCUT2D eigenvalue weighted by Gasteiger charge is 2.21. The third-order valence-electron chi connectivity index (χ3n) is 2.48. The molecule has 0 aliphatic rings. The second-order valence-corrected chi connectivity index (χ2v) is 3.96. The predicted molar refractivity (Wildman–Crippen MR) is 64.0 cm³/mol. The van der Waals surface area contributed by atoms with E-state index in [1.165, 1.54) is 18.0 Å². The minimum atomic E-state index is -0.975. The lowest BCUT2D eigenvalue weighted by Crippen LogP contribution is -2.38. The molecular weight excluding hydrogens is 236 g/mol. The van der Waals surface area contributed by atoms with Crippen LogP contribution in [0.3, 0.4) is 0 Å². The largest absolute Gasteiger partial charge is 0.481 e. The van der Waals surface area contributed by atoms with Crippen molar-refractivity contribution in [3.05, 3.63) is 30.1 Å². The van der Waals surface area contributed by atoms with Gasteiger partial charge in [-0.05, 0) is 12.1 Å². The molecule has 0 aliphatic carbocycles. The Bertz CT molecular complexity index is 408. The Balaban J connectivity index is 2.78. The number of aliphatic carboxylic acids is 1. The Hall–Kier alpha value is -1.95. The Morgan fingerprint density at radius 1 is 1.50 bits per heavy atom. The van der Waals surface area contributed by atoms with Crippen LogP contribution >= 0.6 is 0 Å². The summed E-state index contributed by atoms with van der Waals surface area (Å²) in [6, 6.07) is 3.23. The molecule has 1 atom stereocenters. The first-order valence-electron chi connectivity index (χ1n) is 5.59. The zero-order chi connectivity index (χ0) is 13.5. The van der Waals surface area contributed by atoms with Crippen LogP contribution in [0.5, 0.6) is 0 Å². The lowest BCUT2D eigenvalue weighted by atomic mass is 10.1. The molecule has 6 heteroatoms. The van der Waals surface area contributed by atoms with Crippen LogP contribution in [0.25, 0.3) is 0 Å². The maximum Gasteiger partial charge on any atom is 0.308 e. The average Bonchev–Trinajstić information content (AvgIpc) is 2.38. The third-order valence-corrected chi connectivity index (χ3v) is 2.48. The fraction of sp³-hybridized carbons (Fsp3) is 0.417. The monoisotopic (exact) mass is 252 g/mol. The number of aliphatic hydroxyl groups excluding tert-OH is 1. The van der Waals surface area contributed by atoms with Crippen molar-refractivity contribution < 1.29 is 19.8 Å². The number of carboxylic acid groups (broad SMARTS) is 1. The lowest BCUT2D eigenvalue weighted by Gasteiger charge is -2.23. The van der Waals surface area contributed by atoms with E-state index >= 15 is 0 Å². The molecular formula is C12H16N2O4. The summed E-state index contributed by atoms with van der Waals surface area (Å²) in [5.41, 5.74) is 0.378. The SMILES string of the molecule is CC(CN(CCO)C(=O)c1cccnc1)C(=O)O. The molecule has 0 saturated heterocycles. The molecule has 0 aliphatic heterocycles. The van der Waals surface area contributed by atoms with E-state index in [9.17, 15) is 9.59 Å². The molecule has 1 rings (SSSR count). The molecule has 0 aromatic carbocycles. The summed E-state index contributed by atoms with van der Waals surface area (Å²) in [5.74, 6) is -1.99. The number of aromatic nitrogens is 1. The first-order chi connectivity index (χ1) is 8.56. The van der Waals surface area contributed by atoms with Gasteiger partial charge in [0.2, 0.25) is 0 Å². The summed E-state index contributed by atoms with van der Waals surface area (Å²) in [7, 11) is 0. The second kappa shape index (κ2) is 6.70. The van der Waals surface area contributed by atoms with Crippen LogP contribution in [-0.4, -0.2) is 51.7 Å². The second-order valence-electron chi connectivity index (χ2n) is 3.96. The van der Waals surface area contributed by atoms with Crippen molar-refractivity contribution in [3.8, 4) is 0 Å². The van der Waals surface area contributed by atoms with Gasteiger partial charge in [0.05, 0.1) is 18.1 Å². The summed E-state index contributed by atoms with van der Waals surface area (Å²) in [4.78, 5) is 28.0. The number of aliphatic hydroxyl groups is 1. The van der Waals surface area contributed by atoms with Crippen LogP contribution in [-0.2, 0) is 4.79 Å². The first-order valence-corrected chi connectivity index (χ1v) is 5.59. The first kappa shape index (κ1) is 14.1. The van der Waals surface area contributed by atoms with Gasteiger partial charge in [-0.3, -0.25) is 14.6 Å². The van der Waals surface area contributed by atoms with E-state index in [4.69, 9.17) is 10.2 Å². The van der Waals surface area contributed by atoms with Gasteiger partial charge in [0, 0.05) is 25.5 Å². The van der Waals surface area contributed by atoms with Gasteiger partial charge in [0.1, 0.15) is 0 Å². The normalized spacial score (nSPS) is 11.9. The number of amides is 1. The Kier molecular flexibility index (Phi) is 5.26. The number of carboxylic acids is 1. The molecule has 0 spiro atoms. The number of carbonyl (C=O) groups is 2. The van der Waals surface area contributed by atoms with Gasteiger partial charge < -0.3 is 15.1 Å². The Morgan fingerprint density at radius 2 is 2.22 bits per heavy atom. The molecule has 0 fully saturated rings. The van der Waals surface area contributed by atoms with E-state index in [1.807, 2.05) is 0 Å². The molecule has 98 valence electrons. The molecule has 1 amide bonds. The molecule has 1 unspecified atom stereocenters. The van der Waals surface area contributed by atoms with Crippen molar-refractivity contribution in [3.63, 3.8) is 0 Å². The zero-order valence-electron chi connectivity index (χ0n) is 10.1. The Labute approximate surface area is 105 Å². The van der Waals surface area contributed by atoms with Gasteiger partial charge >= 0.3 is 5.97 Å². The third kappa shape index (κ3) is 3.81. The van der Waals surface area contributed by atoms with Crippen molar-refractivity contribution in [2.75, 3.05) is 19.7 Å². The maximum absolute atomic E-state index is 12.1. The van der Waals surface area contributed by atoms with Gasteiger partial charge in [-0.15, -0.1) is 0 Å². The van der Waals surface area contributed by atoms with Gasteiger partial charge in [0.25, 0.3) is 5.91 Å². The molecule has 1 aromatic heterocycles.